The second-order valence-electron chi connectivity index (χ2n) is 7.74. The molecule has 1 aromatic carbocycles. The molecule has 4 rings (SSSR count). The molecule has 1 N–H and O–H groups in total. The number of nitrogens with zero attached hydrogens (tertiary/aromatic N) is 5. The third-order valence-corrected chi connectivity index (χ3v) is 6.25. The van der Waals surface area contributed by atoms with Crippen molar-refractivity contribution in [3.8, 4) is 0 Å². The van der Waals surface area contributed by atoms with Crippen molar-refractivity contribution in [2.75, 3.05) is 31.1 Å². The van der Waals surface area contributed by atoms with Crippen LogP contribution in [0.3, 0.4) is 0 Å². The van der Waals surface area contributed by atoms with Crippen molar-refractivity contribution in [1.82, 2.24) is 24.8 Å². The van der Waals surface area contributed by atoms with Gasteiger partial charge in [0.1, 0.15) is 6.54 Å². The third-order valence-electron chi connectivity index (χ3n) is 5.54. The molecule has 0 unspecified atom stereocenters. The summed E-state index contributed by atoms with van der Waals surface area (Å²) in [4.78, 5) is 49.3. The second kappa shape index (κ2) is 9.76. The summed E-state index contributed by atoms with van der Waals surface area (Å²) in [6.07, 6.45) is 2.79. The molecule has 3 heterocycles. The van der Waals surface area contributed by atoms with Crippen molar-refractivity contribution < 1.29 is 9.59 Å². The summed E-state index contributed by atoms with van der Waals surface area (Å²) in [5.41, 5.74) is 1.70. The fourth-order valence-corrected chi connectivity index (χ4v) is 3.96. The topological polar surface area (TPSA) is 100 Å². The van der Waals surface area contributed by atoms with Crippen molar-refractivity contribution in [2.45, 2.75) is 20.0 Å². The van der Waals surface area contributed by atoms with Gasteiger partial charge in [0.25, 0.3) is 5.56 Å². The van der Waals surface area contributed by atoms with Gasteiger partial charge >= 0.3 is 0 Å². The Hall–Kier alpha value is -3.17. The minimum atomic E-state index is -0.359. The highest BCUT2D eigenvalue weighted by atomic mass is 35.5. The molecule has 172 valence electrons. The molecular formula is C22H22Cl2N6O3. The van der Waals surface area contributed by atoms with E-state index in [2.05, 4.69) is 20.2 Å². The fraction of sp³-hybridized carbons (Fsp3) is 0.318. The van der Waals surface area contributed by atoms with Gasteiger partial charge in [0, 0.05) is 45.0 Å². The molecule has 0 bridgehead atoms. The van der Waals surface area contributed by atoms with Gasteiger partial charge in [-0.15, -0.1) is 0 Å². The summed E-state index contributed by atoms with van der Waals surface area (Å²) in [6.45, 7) is 4.19. The summed E-state index contributed by atoms with van der Waals surface area (Å²) < 4.78 is 1.28. The van der Waals surface area contributed by atoms with E-state index in [4.69, 9.17) is 23.2 Å². The first kappa shape index (κ1) is 23.0. The van der Waals surface area contributed by atoms with Crippen molar-refractivity contribution in [3.63, 3.8) is 0 Å². The van der Waals surface area contributed by atoms with Crippen molar-refractivity contribution >= 4 is 51.6 Å². The number of halogens is 2. The number of piperazine rings is 1. The summed E-state index contributed by atoms with van der Waals surface area (Å²) >= 11 is 11.8. The number of anilines is 1. The number of benzene rings is 1. The van der Waals surface area contributed by atoms with Gasteiger partial charge in [0.15, 0.2) is 0 Å². The zero-order valence-electron chi connectivity index (χ0n) is 17.9. The molecule has 9 nitrogen and oxygen atoms in total. The highest BCUT2D eigenvalue weighted by molar-refractivity contribution is 6.41. The van der Waals surface area contributed by atoms with E-state index < -0.39 is 0 Å². The Kier molecular flexibility index (Phi) is 6.80. The maximum Gasteiger partial charge on any atom is 0.261 e. The van der Waals surface area contributed by atoms with Gasteiger partial charge in [-0.25, -0.2) is 4.98 Å². The van der Waals surface area contributed by atoms with E-state index in [1.165, 1.54) is 17.1 Å². The number of nitrogens with one attached hydrogen (secondary N) is 1. The fourth-order valence-electron chi connectivity index (χ4n) is 3.69. The quantitative estimate of drug-likeness (QED) is 0.589. The third kappa shape index (κ3) is 5.26. The molecule has 0 spiro atoms. The first-order valence-corrected chi connectivity index (χ1v) is 11.1. The van der Waals surface area contributed by atoms with E-state index in [1.807, 2.05) is 6.07 Å². The summed E-state index contributed by atoms with van der Waals surface area (Å²) in [6, 6.07) is 7.08. The molecule has 2 aromatic heterocycles. The Morgan fingerprint density at radius 2 is 1.82 bits per heavy atom. The van der Waals surface area contributed by atoms with E-state index in [-0.39, 0.29) is 30.5 Å². The maximum atomic E-state index is 13.0. The lowest BCUT2D eigenvalue weighted by atomic mass is 10.2. The van der Waals surface area contributed by atoms with E-state index in [9.17, 15) is 14.4 Å². The highest BCUT2D eigenvalue weighted by Gasteiger charge is 2.19. The number of carbonyl (C=O) groups excluding carboxylic acids is 2. The Labute approximate surface area is 199 Å². The number of hydrogen-bond acceptors (Lipinski definition) is 6. The zero-order valence-corrected chi connectivity index (χ0v) is 19.4. The first-order chi connectivity index (χ1) is 15.8. The molecule has 0 aliphatic carbocycles. The molecule has 2 amide bonds. The predicted molar refractivity (Wildman–Crippen MR) is 127 cm³/mol. The van der Waals surface area contributed by atoms with Crippen LogP contribution in [0.5, 0.6) is 0 Å². The number of fused-ring (bicyclic) bond motifs is 1. The number of carbonyl (C=O) groups is 2. The molecular weight excluding hydrogens is 467 g/mol. The molecule has 0 radical (unpaired) electrons. The smallest absolute Gasteiger partial charge is 0.261 e. The maximum absolute atomic E-state index is 13.0. The average molecular weight is 489 g/mol. The number of amides is 2. The van der Waals surface area contributed by atoms with Crippen LogP contribution >= 0.6 is 23.2 Å². The number of rotatable bonds is 5. The Bertz CT molecular complexity index is 1270. The van der Waals surface area contributed by atoms with Gasteiger partial charge in [-0.1, -0.05) is 23.2 Å². The van der Waals surface area contributed by atoms with Gasteiger partial charge < -0.3 is 15.1 Å². The van der Waals surface area contributed by atoms with Gasteiger partial charge in [-0.05, 0) is 24.3 Å². The summed E-state index contributed by atoms with van der Waals surface area (Å²) in [5.74, 6) is -0.295. The normalized spacial score (nSPS) is 13.9. The molecule has 1 aliphatic heterocycles. The lowest BCUT2D eigenvalue weighted by Crippen LogP contribution is -2.48. The predicted octanol–water partition coefficient (Wildman–Crippen LogP) is 2.08. The van der Waals surface area contributed by atoms with Gasteiger partial charge in [0.05, 0.1) is 39.5 Å². The molecule has 11 heteroatoms. The molecule has 1 saturated heterocycles. The standard InChI is InChI=1S/C22H22Cl2N6O3/c1-14(31)28-4-6-29(7-5-28)16-2-3-20-17(9-16)22(33)30(13-27-20)12-21(32)26-10-15-8-18(23)19(24)11-25-15/h2-3,8-9,11,13H,4-7,10,12H2,1H3,(H,26,32). The number of aromatic nitrogens is 3. The second-order valence-corrected chi connectivity index (χ2v) is 8.55. The minimum Gasteiger partial charge on any atom is -0.368 e. The van der Waals surface area contributed by atoms with Gasteiger partial charge in [-0.3, -0.25) is 23.9 Å². The van der Waals surface area contributed by atoms with Crippen molar-refractivity contribution in [3.05, 3.63) is 62.9 Å². The lowest BCUT2D eigenvalue weighted by molar-refractivity contribution is -0.129. The monoisotopic (exact) mass is 488 g/mol. The Balaban J connectivity index is 1.46. The molecule has 33 heavy (non-hydrogen) atoms. The van der Waals surface area contributed by atoms with Crippen LogP contribution in [-0.4, -0.2) is 57.4 Å². The van der Waals surface area contributed by atoms with Crippen LogP contribution in [0.25, 0.3) is 10.9 Å². The van der Waals surface area contributed by atoms with E-state index in [0.29, 0.717) is 52.8 Å². The molecule has 0 saturated carbocycles. The Morgan fingerprint density at radius 3 is 2.52 bits per heavy atom. The van der Waals surface area contributed by atoms with Crippen LogP contribution < -0.4 is 15.8 Å². The van der Waals surface area contributed by atoms with Crippen molar-refractivity contribution in [1.29, 1.82) is 0 Å². The number of pyridine rings is 1. The molecule has 3 aromatic rings. The first-order valence-electron chi connectivity index (χ1n) is 10.4. The molecule has 1 aliphatic rings. The average Bonchev–Trinajstić information content (AvgIpc) is 2.81. The summed E-state index contributed by atoms with van der Waals surface area (Å²) in [7, 11) is 0. The molecule has 0 atom stereocenters. The van der Waals surface area contributed by atoms with E-state index >= 15 is 0 Å². The van der Waals surface area contributed by atoms with E-state index in [1.54, 1.807) is 30.0 Å². The van der Waals surface area contributed by atoms with Gasteiger partial charge in [-0.2, -0.15) is 0 Å². The number of hydrogen-bond donors (Lipinski definition) is 1. The largest absolute Gasteiger partial charge is 0.368 e. The SMILES string of the molecule is CC(=O)N1CCN(c2ccc3ncn(CC(=O)NCc4cc(Cl)c(Cl)cn4)c(=O)c3c2)CC1. The van der Waals surface area contributed by atoms with Gasteiger partial charge in [0.2, 0.25) is 11.8 Å². The van der Waals surface area contributed by atoms with Crippen LogP contribution in [0.1, 0.15) is 12.6 Å². The van der Waals surface area contributed by atoms with Crippen LogP contribution in [0, 0.1) is 0 Å². The molecule has 1 fully saturated rings. The van der Waals surface area contributed by atoms with Crippen LogP contribution in [0.2, 0.25) is 10.0 Å². The minimum absolute atomic E-state index is 0.0634. The zero-order chi connectivity index (χ0) is 23.5. The summed E-state index contributed by atoms with van der Waals surface area (Å²) in [5, 5.41) is 3.83. The van der Waals surface area contributed by atoms with Crippen LogP contribution in [0.4, 0.5) is 5.69 Å². The highest BCUT2D eigenvalue weighted by Crippen LogP contribution is 2.21. The van der Waals surface area contributed by atoms with E-state index in [0.717, 1.165) is 5.69 Å². The van der Waals surface area contributed by atoms with Crippen LogP contribution in [0.15, 0.2) is 41.6 Å². The lowest BCUT2D eigenvalue weighted by Gasteiger charge is -2.35. The van der Waals surface area contributed by atoms with Crippen molar-refractivity contribution in [2.24, 2.45) is 0 Å². The Morgan fingerprint density at radius 1 is 1.06 bits per heavy atom. The van der Waals surface area contributed by atoms with Crippen LogP contribution in [-0.2, 0) is 22.7 Å².